The van der Waals surface area contributed by atoms with Crippen LogP contribution in [0.2, 0.25) is 15.1 Å². The Bertz CT molecular complexity index is 621. The molecule has 2 aromatic carbocycles. The third-order valence-corrected chi connectivity index (χ3v) is 3.73. The Morgan fingerprint density at radius 3 is 2.35 bits per heavy atom. The van der Waals surface area contributed by atoms with E-state index in [1.54, 1.807) is 18.2 Å². The maximum absolute atomic E-state index is 13.8. The quantitative estimate of drug-likeness (QED) is 0.810. The summed E-state index contributed by atoms with van der Waals surface area (Å²) in [6, 6.07) is 9.21. The molecule has 0 bridgehead atoms. The summed E-state index contributed by atoms with van der Waals surface area (Å²) in [7, 11) is 0. The Balaban J connectivity index is 2.32. The van der Waals surface area contributed by atoms with E-state index in [4.69, 9.17) is 45.3 Å². The highest BCUT2D eigenvalue weighted by molar-refractivity contribution is 6.43. The van der Waals surface area contributed by atoms with Gasteiger partial charge >= 0.3 is 0 Å². The molecule has 106 valence electrons. The van der Waals surface area contributed by atoms with Crippen LogP contribution in [0.15, 0.2) is 36.4 Å². The topological polar surface area (TPSA) is 35.2 Å². The second kappa shape index (κ2) is 6.64. The Morgan fingerprint density at radius 2 is 1.70 bits per heavy atom. The predicted molar refractivity (Wildman–Crippen MR) is 80.3 cm³/mol. The zero-order valence-electron chi connectivity index (χ0n) is 10.2. The molecule has 6 heteroatoms. The normalized spacial score (nSPS) is 12.2. The number of nitrogens with two attached hydrogens (primary N) is 1. The van der Waals surface area contributed by atoms with E-state index < -0.39 is 6.10 Å². The number of rotatable bonds is 4. The van der Waals surface area contributed by atoms with Gasteiger partial charge in [0.15, 0.2) is 0 Å². The van der Waals surface area contributed by atoms with Gasteiger partial charge < -0.3 is 10.5 Å². The first-order valence-electron chi connectivity index (χ1n) is 5.78. The maximum Gasteiger partial charge on any atom is 0.140 e. The summed E-state index contributed by atoms with van der Waals surface area (Å²) < 4.78 is 19.4. The molecule has 0 aliphatic heterocycles. The molecule has 0 saturated carbocycles. The molecule has 1 unspecified atom stereocenters. The van der Waals surface area contributed by atoms with Crippen molar-refractivity contribution in [1.29, 1.82) is 0 Å². The zero-order valence-corrected chi connectivity index (χ0v) is 12.5. The van der Waals surface area contributed by atoms with Gasteiger partial charge in [0.05, 0.1) is 15.1 Å². The number of halogens is 4. The lowest BCUT2D eigenvalue weighted by molar-refractivity contribution is 0.209. The molecule has 0 saturated heterocycles. The van der Waals surface area contributed by atoms with Crippen LogP contribution < -0.4 is 10.5 Å². The highest BCUT2D eigenvalue weighted by atomic mass is 35.5. The lowest BCUT2D eigenvalue weighted by atomic mass is 10.1. The Morgan fingerprint density at radius 1 is 1.05 bits per heavy atom. The monoisotopic (exact) mass is 333 g/mol. The van der Waals surface area contributed by atoms with Crippen LogP contribution in [0.5, 0.6) is 5.75 Å². The molecule has 0 aromatic heterocycles. The molecule has 0 amide bonds. The molecule has 2 rings (SSSR count). The second-order valence-electron chi connectivity index (χ2n) is 4.06. The van der Waals surface area contributed by atoms with Crippen LogP contribution in [-0.4, -0.2) is 6.54 Å². The van der Waals surface area contributed by atoms with Gasteiger partial charge in [-0.3, -0.25) is 0 Å². The van der Waals surface area contributed by atoms with Crippen molar-refractivity contribution in [2.45, 2.75) is 6.10 Å². The number of hydrogen-bond acceptors (Lipinski definition) is 2. The van der Waals surface area contributed by atoms with Gasteiger partial charge in [0.2, 0.25) is 0 Å². The summed E-state index contributed by atoms with van der Waals surface area (Å²) in [5.41, 5.74) is 6.00. The molecule has 2 aromatic rings. The lowest BCUT2D eigenvalue weighted by Crippen LogP contribution is -2.19. The SMILES string of the molecule is NCC(Oc1cc(Cl)c(Cl)cc1Cl)c1ccccc1F. The van der Waals surface area contributed by atoms with E-state index in [1.165, 1.54) is 18.2 Å². The van der Waals surface area contributed by atoms with Crippen molar-refractivity contribution in [2.24, 2.45) is 5.73 Å². The Labute approximate surface area is 131 Å². The van der Waals surface area contributed by atoms with Crippen molar-refractivity contribution in [3.63, 3.8) is 0 Å². The molecule has 0 aliphatic rings. The minimum Gasteiger partial charge on any atom is -0.483 e. The van der Waals surface area contributed by atoms with E-state index in [0.717, 1.165) is 0 Å². The van der Waals surface area contributed by atoms with Gasteiger partial charge in [-0.25, -0.2) is 4.39 Å². The van der Waals surface area contributed by atoms with Crippen LogP contribution in [-0.2, 0) is 0 Å². The van der Waals surface area contributed by atoms with E-state index >= 15 is 0 Å². The van der Waals surface area contributed by atoms with Crippen molar-refractivity contribution < 1.29 is 9.13 Å². The summed E-state index contributed by atoms with van der Waals surface area (Å²) >= 11 is 17.8. The van der Waals surface area contributed by atoms with Crippen molar-refractivity contribution in [3.05, 3.63) is 62.8 Å². The molecule has 2 nitrogen and oxygen atoms in total. The lowest BCUT2D eigenvalue weighted by Gasteiger charge is -2.19. The third kappa shape index (κ3) is 3.36. The van der Waals surface area contributed by atoms with Crippen LogP contribution in [0.1, 0.15) is 11.7 Å². The fourth-order valence-corrected chi connectivity index (χ4v) is 2.30. The van der Waals surface area contributed by atoms with E-state index in [0.29, 0.717) is 21.4 Å². The van der Waals surface area contributed by atoms with Crippen LogP contribution in [0.25, 0.3) is 0 Å². The van der Waals surface area contributed by atoms with Crippen molar-refractivity contribution >= 4 is 34.8 Å². The van der Waals surface area contributed by atoms with Gasteiger partial charge in [0.1, 0.15) is 17.7 Å². The smallest absolute Gasteiger partial charge is 0.140 e. The zero-order chi connectivity index (χ0) is 14.7. The van der Waals surface area contributed by atoms with Crippen LogP contribution in [0.3, 0.4) is 0 Å². The summed E-state index contributed by atoms with van der Waals surface area (Å²) in [5, 5.41) is 0.906. The molecule has 0 aliphatic carbocycles. The first kappa shape index (κ1) is 15.4. The molecule has 0 heterocycles. The van der Waals surface area contributed by atoms with Crippen LogP contribution in [0.4, 0.5) is 4.39 Å². The minimum atomic E-state index is -0.661. The first-order valence-corrected chi connectivity index (χ1v) is 6.92. The van der Waals surface area contributed by atoms with Crippen LogP contribution in [0, 0.1) is 5.82 Å². The standard InChI is InChI=1S/C14H11Cl3FNO/c15-9-5-11(17)13(6-10(9)16)20-14(7-19)8-3-1-2-4-12(8)18/h1-6,14H,7,19H2. The molecule has 0 fully saturated rings. The van der Waals surface area contributed by atoms with Gasteiger partial charge in [-0.05, 0) is 12.1 Å². The van der Waals surface area contributed by atoms with Gasteiger partial charge in [0.25, 0.3) is 0 Å². The Kier molecular flexibility index (Phi) is 5.11. The molecule has 20 heavy (non-hydrogen) atoms. The highest BCUT2D eigenvalue weighted by Crippen LogP contribution is 2.36. The second-order valence-corrected chi connectivity index (χ2v) is 5.28. The van der Waals surface area contributed by atoms with Crippen LogP contribution >= 0.6 is 34.8 Å². The molecular weight excluding hydrogens is 324 g/mol. The molecule has 0 radical (unpaired) electrons. The summed E-state index contributed by atoms with van der Waals surface area (Å²) in [4.78, 5) is 0. The number of hydrogen-bond donors (Lipinski definition) is 1. The maximum atomic E-state index is 13.8. The van der Waals surface area contributed by atoms with Gasteiger partial charge in [-0.15, -0.1) is 0 Å². The number of ether oxygens (including phenoxy) is 1. The average Bonchev–Trinajstić information content (AvgIpc) is 2.42. The predicted octanol–water partition coefficient (Wildman–Crippen LogP) is 4.86. The van der Waals surface area contributed by atoms with Crippen molar-refractivity contribution in [1.82, 2.24) is 0 Å². The van der Waals surface area contributed by atoms with Crippen molar-refractivity contribution in [2.75, 3.05) is 6.54 Å². The molecule has 1 atom stereocenters. The average molecular weight is 335 g/mol. The van der Waals surface area contributed by atoms with E-state index in [1.807, 2.05) is 0 Å². The highest BCUT2D eigenvalue weighted by Gasteiger charge is 2.18. The summed E-state index contributed by atoms with van der Waals surface area (Å²) in [6.07, 6.45) is -0.661. The number of benzene rings is 2. The van der Waals surface area contributed by atoms with Gasteiger partial charge in [-0.2, -0.15) is 0 Å². The van der Waals surface area contributed by atoms with Crippen molar-refractivity contribution in [3.8, 4) is 5.75 Å². The molecule has 2 N–H and O–H groups in total. The summed E-state index contributed by atoms with van der Waals surface area (Å²) in [6.45, 7) is 0.0947. The Hall–Kier alpha value is -1.00. The molecule has 0 spiro atoms. The van der Waals surface area contributed by atoms with Gasteiger partial charge in [0, 0.05) is 18.2 Å². The fraction of sp³-hybridized carbons (Fsp3) is 0.143. The van der Waals surface area contributed by atoms with E-state index in [9.17, 15) is 4.39 Å². The largest absolute Gasteiger partial charge is 0.483 e. The third-order valence-electron chi connectivity index (χ3n) is 2.71. The minimum absolute atomic E-state index is 0.0947. The fourth-order valence-electron chi connectivity index (χ4n) is 1.72. The van der Waals surface area contributed by atoms with Gasteiger partial charge in [-0.1, -0.05) is 53.0 Å². The summed E-state index contributed by atoms with van der Waals surface area (Å²) in [5.74, 6) is -0.0843. The molecular formula is C14H11Cl3FNO. The van der Waals surface area contributed by atoms with E-state index in [-0.39, 0.29) is 17.4 Å². The van der Waals surface area contributed by atoms with E-state index in [2.05, 4.69) is 0 Å². The first-order chi connectivity index (χ1) is 9.52.